The highest BCUT2D eigenvalue weighted by Crippen LogP contribution is 2.64. The van der Waals surface area contributed by atoms with Gasteiger partial charge in [-0.05, 0) is 92.8 Å². The van der Waals surface area contributed by atoms with Crippen LogP contribution in [0.15, 0.2) is 0 Å². The predicted octanol–water partition coefficient (Wildman–Crippen LogP) is 5.00. The third kappa shape index (κ3) is 2.84. The first-order valence-electron chi connectivity index (χ1n) is 10.5. The van der Waals surface area contributed by atoms with Gasteiger partial charge in [0, 0.05) is 5.92 Å². The first-order chi connectivity index (χ1) is 12.3. The molecule has 148 valence electrons. The minimum Gasteiger partial charge on any atom is -0.389 e. The molecule has 2 nitrogen and oxygen atoms in total. The van der Waals surface area contributed by atoms with Crippen molar-refractivity contribution in [1.82, 2.24) is 0 Å². The van der Waals surface area contributed by atoms with E-state index in [-0.39, 0.29) is 29.6 Å². The zero-order valence-electron chi connectivity index (χ0n) is 15.6. The summed E-state index contributed by atoms with van der Waals surface area (Å²) >= 11 is 0. The van der Waals surface area contributed by atoms with Gasteiger partial charge < -0.3 is 5.11 Å². The molecular formula is C21H31F3O2. The van der Waals surface area contributed by atoms with E-state index in [4.69, 9.17) is 0 Å². The van der Waals surface area contributed by atoms with Crippen LogP contribution in [0.2, 0.25) is 0 Å². The van der Waals surface area contributed by atoms with Crippen LogP contribution in [0, 0.1) is 46.8 Å². The molecule has 4 aliphatic carbocycles. The van der Waals surface area contributed by atoms with Gasteiger partial charge in [0.25, 0.3) is 0 Å². The van der Waals surface area contributed by atoms with Gasteiger partial charge in [0.05, 0.1) is 5.92 Å². The Labute approximate surface area is 153 Å². The lowest BCUT2D eigenvalue weighted by Crippen LogP contribution is -2.50. The highest BCUT2D eigenvalue weighted by atomic mass is 19.4. The summed E-state index contributed by atoms with van der Waals surface area (Å²) in [5.41, 5.74) is -0.00299. The summed E-state index contributed by atoms with van der Waals surface area (Å²) in [5.74, 6) is 1.25. The topological polar surface area (TPSA) is 37.3 Å². The van der Waals surface area contributed by atoms with Crippen LogP contribution in [0.25, 0.3) is 0 Å². The molecule has 5 heteroatoms. The summed E-state index contributed by atoms with van der Waals surface area (Å²) in [6.07, 6.45) is 3.32. The summed E-state index contributed by atoms with van der Waals surface area (Å²) in [5, 5.41) is 9.34. The number of Topliss-reactive ketones (excluding diaryl/α,β-unsaturated/α-hetero) is 1. The molecule has 0 aliphatic heterocycles. The third-order valence-corrected chi connectivity index (χ3v) is 8.96. The number of hydrogen-bond donors (Lipinski definition) is 1. The second-order valence-electron chi connectivity index (χ2n) is 9.79. The van der Waals surface area contributed by atoms with Crippen LogP contribution in [-0.4, -0.2) is 23.7 Å². The average Bonchev–Trinajstić information content (AvgIpc) is 2.96. The van der Waals surface area contributed by atoms with E-state index < -0.39 is 12.1 Å². The molecule has 0 spiro atoms. The molecule has 0 aromatic heterocycles. The molecular weight excluding hydrogens is 341 g/mol. The molecule has 0 saturated heterocycles. The number of alkyl halides is 3. The van der Waals surface area contributed by atoms with Crippen molar-refractivity contribution in [2.24, 2.45) is 46.8 Å². The third-order valence-electron chi connectivity index (χ3n) is 8.96. The number of halogens is 3. The van der Waals surface area contributed by atoms with E-state index in [1.54, 1.807) is 0 Å². The molecule has 0 heterocycles. The Bertz CT molecular complexity index is 560. The second kappa shape index (κ2) is 6.49. The van der Waals surface area contributed by atoms with E-state index in [1.165, 1.54) is 0 Å². The summed E-state index contributed by atoms with van der Waals surface area (Å²) in [7, 11) is 0. The van der Waals surface area contributed by atoms with Crippen molar-refractivity contribution in [1.29, 1.82) is 0 Å². The van der Waals surface area contributed by atoms with E-state index in [2.05, 4.69) is 6.92 Å². The fourth-order valence-electron chi connectivity index (χ4n) is 7.79. The molecule has 0 aromatic carbocycles. The molecule has 0 amide bonds. The molecule has 4 aliphatic rings. The fraction of sp³-hybridized carbons (Fsp3) is 0.952. The second-order valence-corrected chi connectivity index (χ2v) is 9.79. The van der Waals surface area contributed by atoms with Gasteiger partial charge in [-0.25, -0.2) is 0 Å². The van der Waals surface area contributed by atoms with Crippen LogP contribution in [0.5, 0.6) is 0 Å². The van der Waals surface area contributed by atoms with Gasteiger partial charge in [0.2, 0.25) is 0 Å². The number of fused-ring (bicyclic) bond motifs is 5. The van der Waals surface area contributed by atoms with Gasteiger partial charge in [-0.3, -0.25) is 4.79 Å². The maximum absolute atomic E-state index is 13.2. The van der Waals surface area contributed by atoms with Crippen molar-refractivity contribution in [2.45, 2.75) is 70.9 Å². The van der Waals surface area contributed by atoms with Gasteiger partial charge >= 0.3 is 6.18 Å². The van der Waals surface area contributed by atoms with Crippen LogP contribution in [-0.2, 0) is 4.79 Å². The summed E-state index contributed by atoms with van der Waals surface area (Å²) in [6, 6.07) is 0. The molecule has 0 bridgehead atoms. The fourth-order valence-corrected chi connectivity index (χ4v) is 7.79. The molecule has 4 rings (SSSR count). The molecule has 26 heavy (non-hydrogen) atoms. The van der Waals surface area contributed by atoms with Gasteiger partial charge in [-0.15, -0.1) is 0 Å². The number of rotatable bonds is 2. The van der Waals surface area contributed by atoms with Gasteiger partial charge in [-0.2, -0.15) is 13.2 Å². The number of ketones is 1. The molecule has 0 aromatic rings. The lowest BCUT2D eigenvalue weighted by molar-refractivity contribution is -0.196. The van der Waals surface area contributed by atoms with Crippen molar-refractivity contribution in [3.63, 3.8) is 0 Å². The lowest BCUT2D eigenvalue weighted by Gasteiger charge is -2.56. The van der Waals surface area contributed by atoms with Gasteiger partial charge in [0.15, 0.2) is 5.78 Å². The highest BCUT2D eigenvalue weighted by Gasteiger charge is 2.59. The Kier molecular flexibility index (Phi) is 4.69. The Morgan fingerprint density at radius 2 is 1.73 bits per heavy atom. The first kappa shape index (κ1) is 18.8. The Morgan fingerprint density at radius 3 is 2.42 bits per heavy atom. The average molecular weight is 372 g/mol. The van der Waals surface area contributed by atoms with Crippen molar-refractivity contribution in [2.75, 3.05) is 6.61 Å². The number of aliphatic hydroxyl groups is 1. The van der Waals surface area contributed by atoms with E-state index >= 15 is 0 Å². The standard InChI is InChI=1S/C21H31F3O2/c1-20-9-8-15-14-5-3-13(21(22,23)24)10-12(14)2-4-16(15)17(20)6-7-18(20)19(26)11-25/h12-18,25H,2-11H2,1H3. The zero-order chi connectivity index (χ0) is 18.7. The van der Waals surface area contributed by atoms with Crippen LogP contribution < -0.4 is 0 Å². The highest BCUT2D eigenvalue weighted by molar-refractivity contribution is 5.83. The first-order valence-corrected chi connectivity index (χ1v) is 10.5. The molecule has 8 atom stereocenters. The minimum atomic E-state index is -4.03. The van der Waals surface area contributed by atoms with Crippen LogP contribution in [0.1, 0.15) is 64.7 Å². The number of carbonyl (C=O) groups is 1. The molecule has 4 saturated carbocycles. The molecule has 1 N–H and O–H groups in total. The summed E-state index contributed by atoms with van der Waals surface area (Å²) in [4.78, 5) is 12.2. The summed E-state index contributed by atoms with van der Waals surface area (Å²) in [6.45, 7) is 1.89. The smallest absolute Gasteiger partial charge is 0.389 e. The van der Waals surface area contributed by atoms with Crippen LogP contribution >= 0.6 is 0 Å². The minimum absolute atomic E-state index is 0.00299. The van der Waals surface area contributed by atoms with E-state index in [1.807, 2.05) is 0 Å². The van der Waals surface area contributed by atoms with E-state index in [0.717, 1.165) is 44.9 Å². The quantitative estimate of drug-likeness (QED) is 0.741. The summed E-state index contributed by atoms with van der Waals surface area (Å²) < 4.78 is 39.5. The SMILES string of the molecule is CC12CCC3C4CCC(C(F)(F)F)CC4CCC3C1CCC2C(=O)CO. The maximum Gasteiger partial charge on any atom is 0.391 e. The Morgan fingerprint density at radius 1 is 1.00 bits per heavy atom. The normalized spacial score (nSPS) is 48.4. The van der Waals surface area contributed by atoms with Gasteiger partial charge in [-0.1, -0.05) is 6.92 Å². The number of hydrogen-bond acceptors (Lipinski definition) is 2. The molecule has 4 fully saturated rings. The lowest BCUT2D eigenvalue weighted by atomic mass is 9.49. The Balaban J connectivity index is 1.50. The van der Waals surface area contributed by atoms with Crippen molar-refractivity contribution >= 4 is 5.78 Å². The van der Waals surface area contributed by atoms with Crippen LogP contribution in [0.3, 0.4) is 0 Å². The van der Waals surface area contributed by atoms with Crippen molar-refractivity contribution in [3.8, 4) is 0 Å². The number of carbonyl (C=O) groups excluding carboxylic acids is 1. The van der Waals surface area contributed by atoms with E-state index in [0.29, 0.717) is 36.5 Å². The predicted molar refractivity (Wildman–Crippen MR) is 92.2 cm³/mol. The van der Waals surface area contributed by atoms with Crippen molar-refractivity contribution < 1.29 is 23.1 Å². The zero-order valence-corrected chi connectivity index (χ0v) is 15.6. The van der Waals surface area contributed by atoms with Crippen LogP contribution in [0.4, 0.5) is 13.2 Å². The number of aliphatic hydroxyl groups excluding tert-OH is 1. The monoisotopic (exact) mass is 372 g/mol. The largest absolute Gasteiger partial charge is 0.391 e. The molecule has 8 unspecified atom stereocenters. The van der Waals surface area contributed by atoms with E-state index in [9.17, 15) is 23.1 Å². The van der Waals surface area contributed by atoms with Crippen molar-refractivity contribution in [3.05, 3.63) is 0 Å². The maximum atomic E-state index is 13.2. The van der Waals surface area contributed by atoms with Gasteiger partial charge in [0.1, 0.15) is 6.61 Å². The molecule has 0 radical (unpaired) electrons. The Hall–Kier alpha value is -0.580.